The Morgan fingerprint density at radius 1 is 1.36 bits per heavy atom. The van der Waals surface area contributed by atoms with Crippen LogP contribution in [0.5, 0.6) is 5.75 Å². The number of amides is 1. The van der Waals surface area contributed by atoms with Crippen LogP contribution in [0.25, 0.3) is 0 Å². The van der Waals surface area contributed by atoms with E-state index in [1.54, 1.807) is 7.11 Å². The number of ether oxygens (including phenoxy) is 2. The van der Waals surface area contributed by atoms with Crippen molar-refractivity contribution in [1.29, 1.82) is 0 Å². The standard InChI is InChI=1S/C20H32N2O3/c1-15(2)16(3)21-20(23)14-22(13-18-9-7-11-25-18)12-17-8-5-6-10-19(17)24-4/h5-6,8,10,15-16,18H,7,9,11-14H2,1-4H3,(H,21,23). The van der Waals surface area contributed by atoms with Crippen LogP contribution in [-0.2, 0) is 16.1 Å². The summed E-state index contributed by atoms with van der Waals surface area (Å²) < 4.78 is 11.2. The van der Waals surface area contributed by atoms with E-state index in [-0.39, 0.29) is 18.1 Å². The van der Waals surface area contributed by atoms with Gasteiger partial charge in [-0.3, -0.25) is 9.69 Å². The molecule has 0 aliphatic carbocycles. The van der Waals surface area contributed by atoms with Crippen LogP contribution in [-0.4, -0.2) is 49.8 Å². The summed E-state index contributed by atoms with van der Waals surface area (Å²) in [5, 5.41) is 3.10. The molecule has 1 heterocycles. The second-order valence-electron chi connectivity index (χ2n) is 7.22. The summed E-state index contributed by atoms with van der Waals surface area (Å²) in [6, 6.07) is 8.15. The minimum absolute atomic E-state index is 0.0640. The molecule has 1 aliphatic heterocycles. The van der Waals surface area contributed by atoms with Gasteiger partial charge in [-0.05, 0) is 31.7 Å². The van der Waals surface area contributed by atoms with Gasteiger partial charge in [0.25, 0.3) is 0 Å². The van der Waals surface area contributed by atoms with Crippen molar-refractivity contribution in [3.63, 3.8) is 0 Å². The SMILES string of the molecule is COc1ccccc1CN(CC(=O)NC(C)C(C)C)CC1CCCO1. The quantitative estimate of drug-likeness (QED) is 0.746. The van der Waals surface area contributed by atoms with E-state index in [0.29, 0.717) is 19.0 Å². The summed E-state index contributed by atoms with van der Waals surface area (Å²) in [4.78, 5) is 14.6. The molecule has 1 aliphatic rings. The Bertz CT molecular complexity index is 541. The molecule has 0 radical (unpaired) electrons. The molecule has 140 valence electrons. The summed E-state index contributed by atoms with van der Waals surface area (Å²) in [6.45, 7) is 8.91. The smallest absolute Gasteiger partial charge is 0.234 e. The number of nitrogens with one attached hydrogen (secondary N) is 1. The Morgan fingerprint density at radius 2 is 2.12 bits per heavy atom. The maximum Gasteiger partial charge on any atom is 0.234 e. The lowest BCUT2D eigenvalue weighted by molar-refractivity contribution is -0.123. The number of para-hydroxylation sites is 1. The molecule has 1 fully saturated rings. The van der Waals surface area contributed by atoms with Gasteiger partial charge in [-0.1, -0.05) is 32.0 Å². The molecule has 1 saturated heterocycles. The van der Waals surface area contributed by atoms with Crippen LogP contribution in [0.2, 0.25) is 0 Å². The monoisotopic (exact) mass is 348 g/mol. The van der Waals surface area contributed by atoms with Crippen molar-refractivity contribution in [2.45, 2.75) is 52.3 Å². The maximum atomic E-state index is 12.5. The number of carbonyl (C=O) groups excluding carboxylic acids is 1. The third kappa shape index (κ3) is 6.33. The van der Waals surface area contributed by atoms with Gasteiger partial charge in [0, 0.05) is 31.3 Å². The van der Waals surface area contributed by atoms with E-state index in [0.717, 1.165) is 37.3 Å². The van der Waals surface area contributed by atoms with Gasteiger partial charge in [0.1, 0.15) is 5.75 Å². The Labute approximate surface area is 151 Å². The lowest BCUT2D eigenvalue weighted by atomic mass is 10.1. The molecule has 5 nitrogen and oxygen atoms in total. The van der Waals surface area contributed by atoms with E-state index in [1.807, 2.05) is 25.1 Å². The summed E-state index contributed by atoms with van der Waals surface area (Å²) in [5.74, 6) is 1.34. The normalized spacial score (nSPS) is 18.6. The number of benzene rings is 1. The van der Waals surface area contributed by atoms with E-state index < -0.39 is 0 Å². The zero-order valence-electron chi connectivity index (χ0n) is 16.0. The van der Waals surface area contributed by atoms with E-state index in [2.05, 4.69) is 30.1 Å². The molecule has 0 spiro atoms. The van der Waals surface area contributed by atoms with Crippen molar-refractivity contribution in [3.05, 3.63) is 29.8 Å². The zero-order valence-corrected chi connectivity index (χ0v) is 16.0. The van der Waals surface area contributed by atoms with Crippen LogP contribution in [0.15, 0.2) is 24.3 Å². The first kappa shape index (κ1) is 19.7. The molecule has 2 atom stereocenters. The molecule has 1 N–H and O–H groups in total. The highest BCUT2D eigenvalue weighted by Crippen LogP contribution is 2.21. The second-order valence-corrected chi connectivity index (χ2v) is 7.22. The van der Waals surface area contributed by atoms with Gasteiger partial charge in [0.2, 0.25) is 5.91 Å². The van der Waals surface area contributed by atoms with Crippen LogP contribution >= 0.6 is 0 Å². The molecule has 0 aromatic heterocycles. The fraction of sp³-hybridized carbons (Fsp3) is 0.650. The fourth-order valence-corrected chi connectivity index (χ4v) is 3.01. The van der Waals surface area contributed by atoms with Crippen LogP contribution in [0, 0.1) is 5.92 Å². The minimum Gasteiger partial charge on any atom is -0.496 e. The Morgan fingerprint density at radius 3 is 2.76 bits per heavy atom. The third-order valence-corrected chi connectivity index (χ3v) is 4.83. The van der Waals surface area contributed by atoms with Crippen molar-refractivity contribution >= 4 is 5.91 Å². The van der Waals surface area contributed by atoms with E-state index in [9.17, 15) is 4.79 Å². The minimum atomic E-state index is 0.0640. The molecule has 1 amide bonds. The Balaban J connectivity index is 2.02. The van der Waals surface area contributed by atoms with Crippen molar-refractivity contribution in [2.24, 2.45) is 5.92 Å². The van der Waals surface area contributed by atoms with Crippen LogP contribution < -0.4 is 10.1 Å². The molecular formula is C20H32N2O3. The van der Waals surface area contributed by atoms with Crippen LogP contribution in [0.3, 0.4) is 0 Å². The van der Waals surface area contributed by atoms with Crippen LogP contribution in [0.1, 0.15) is 39.2 Å². The Hall–Kier alpha value is -1.59. The molecule has 25 heavy (non-hydrogen) atoms. The number of rotatable bonds is 9. The highest BCUT2D eigenvalue weighted by molar-refractivity contribution is 5.78. The van der Waals surface area contributed by atoms with Crippen molar-refractivity contribution in [1.82, 2.24) is 10.2 Å². The average molecular weight is 348 g/mol. The van der Waals surface area contributed by atoms with Crippen molar-refractivity contribution < 1.29 is 14.3 Å². The summed E-state index contributed by atoms with van der Waals surface area (Å²) in [7, 11) is 1.68. The maximum absolute atomic E-state index is 12.5. The number of hydrogen-bond acceptors (Lipinski definition) is 4. The third-order valence-electron chi connectivity index (χ3n) is 4.83. The first-order chi connectivity index (χ1) is 12.0. The molecule has 5 heteroatoms. The van der Waals surface area contributed by atoms with E-state index in [4.69, 9.17) is 9.47 Å². The van der Waals surface area contributed by atoms with Gasteiger partial charge >= 0.3 is 0 Å². The average Bonchev–Trinajstić information content (AvgIpc) is 3.08. The lowest BCUT2D eigenvalue weighted by Crippen LogP contribution is -2.44. The largest absolute Gasteiger partial charge is 0.496 e. The molecule has 1 aromatic rings. The van der Waals surface area contributed by atoms with Gasteiger partial charge in [0.15, 0.2) is 0 Å². The van der Waals surface area contributed by atoms with Crippen molar-refractivity contribution in [3.8, 4) is 5.75 Å². The Kier molecular flexibility index (Phi) is 7.72. The topological polar surface area (TPSA) is 50.8 Å². The molecule has 2 rings (SSSR count). The number of carbonyl (C=O) groups is 1. The fourth-order valence-electron chi connectivity index (χ4n) is 3.01. The highest BCUT2D eigenvalue weighted by Gasteiger charge is 2.22. The predicted molar refractivity (Wildman–Crippen MR) is 99.7 cm³/mol. The molecular weight excluding hydrogens is 316 g/mol. The summed E-state index contributed by atoms with van der Waals surface area (Å²) >= 11 is 0. The second kappa shape index (κ2) is 9.78. The van der Waals surface area contributed by atoms with Gasteiger partial charge in [0.05, 0.1) is 19.8 Å². The van der Waals surface area contributed by atoms with Crippen molar-refractivity contribution in [2.75, 3.05) is 26.8 Å². The number of hydrogen-bond donors (Lipinski definition) is 1. The van der Waals surface area contributed by atoms with E-state index in [1.165, 1.54) is 0 Å². The van der Waals surface area contributed by atoms with Gasteiger partial charge in [-0.2, -0.15) is 0 Å². The summed E-state index contributed by atoms with van der Waals surface area (Å²) in [5.41, 5.74) is 1.09. The van der Waals surface area contributed by atoms with Gasteiger partial charge in [-0.25, -0.2) is 0 Å². The number of nitrogens with zero attached hydrogens (tertiary/aromatic N) is 1. The lowest BCUT2D eigenvalue weighted by Gasteiger charge is -2.26. The van der Waals surface area contributed by atoms with Crippen LogP contribution in [0.4, 0.5) is 0 Å². The van der Waals surface area contributed by atoms with E-state index >= 15 is 0 Å². The zero-order chi connectivity index (χ0) is 18.2. The molecule has 1 aromatic carbocycles. The summed E-state index contributed by atoms with van der Waals surface area (Å²) in [6.07, 6.45) is 2.38. The predicted octanol–water partition coefficient (Wildman–Crippen LogP) is 2.84. The first-order valence-corrected chi connectivity index (χ1v) is 9.24. The first-order valence-electron chi connectivity index (χ1n) is 9.24. The van der Waals surface area contributed by atoms with Gasteiger partial charge < -0.3 is 14.8 Å². The molecule has 2 unspecified atom stereocenters. The highest BCUT2D eigenvalue weighted by atomic mass is 16.5. The van der Waals surface area contributed by atoms with Gasteiger partial charge in [-0.15, -0.1) is 0 Å². The number of methoxy groups -OCH3 is 1. The molecule has 0 saturated carbocycles. The molecule has 0 bridgehead atoms.